The summed E-state index contributed by atoms with van der Waals surface area (Å²) in [6.07, 6.45) is 1.94. The van der Waals surface area contributed by atoms with E-state index in [1.165, 1.54) is 0 Å². The van der Waals surface area contributed by atoms with Crippen LogP contribution < -0.4 is 5.32 Å². The molecule has 0 saturated heterocycles. The molecule has 2 rings (SSSR count). The van der Waals surface area contributed by atoms with E-state index in [9.17, 15) is 4.79 Å². The monoisotopic (exact) mass is 267 g/mol. The molecule has 15 heavy (non-hydrogen) atoms. The molecule has 1 aliphatic carbocycles. The maximum atomic E-state index is 11.9. The fourth-order valence-electron chi connectivity index (χ4n) is 1.89. The minimum absolute atomic E-state index is 0.170. The number of hydrogen-bond donors (Lipinski definition) is 1. The topological polar surface area (TPSA) is 29.1 Å². The average Bonchev–Trinajstić information content (AvgIpc) is 2.99. The zero-order chi connectivity index (χ0) is 10.9. The molecule has 1 saturated carbocycles. The normalized spacial score (nSPS) is 17.2. The highest BCUT2D eigenvalue weighted by Gasteiger charge is 2.50. The highest BCUT2D eigenvalue weighted by Crippen LogP contribution is 2.48. The van der Waals surface area contributed by atoms with Gasteiger partial charge in [0, 0.05) is 11.0 Å². The molecule has 0 heterocycles. The van der Waals surface area contributed by atoms with E-state index in [-0.39, 0.29) is 11.3 Å². The lowest BCUT2D eigenvalue weighted by molar-refractivity contribution is -0.123. The predicted molar refractivity (Wildman–Crippen MR) is 63.7 cm³/mol. The van der Waals surface area contributed by atoms with Crippen molar-refractivity contribution in [3.63, 3.8) is 0 Å². The first-order valence-corrected chi connectivity index (χ1v) is 6.03. The third-order valence-electron chi connectivity index (χ3n) is 2.90. The Morgan fingerprint density at radius 1 is 1.53 bits per heavy atom. The second-order valence-corrected chi connectivity index (χ2v) is 4.87. The lowest BCUT2D eigenvalue weighted by Gasteiger charge is -2.15. The number of likely N-dealkylation sites (N-methyl/N-ethyl adjacent to an activating group) is 1. The van der Waals surface area contributed by atoms with Crippen LogP contribution in [-0.4, -0.2) is 12.5 Å². The zero-order valence-corrected chi connectivity index (χ0v) is 10.3. The fraction of sp³-hybridized carbons (Fsp3) is 0.417. The molecule has 1 aromatic carbocycles. The molecular formula is C12H14BrNO. The molecule has 0 atom stereocenters. The van der Waals surface area contributed by atoms with E-state index in [1.807, 2.05) is 31.2 Å². The summed E-state index contributed by atoms with van der Waals surface area (Å²) >= 11 is 3.44. The van der Waals surface area contributed by atoms with Crippen LogP contribution in [0.5, 0.6) is 0 Å². The van der Waals surface area contributed by atoms with Crippen LogP contribution >= 0.6 is 15.9 Å². The van der Waals surface area contributed by atoms with Crippen LogP contribution in [0.4, 0.5) is 0 Å². The smallest absolute Gasteiger partial charge is 0.230 e. The predicted octanol–water partition coefficient (Wildman–Crippen LogP) is 2.62. The van der Waals surface area contributed by atoms with Crippen LogP contribution in [0.15, 0.2) is 28.7 Å². The number of rotatable bonds is 3. The largest absolute Gasteiger partial charge is 0.356 e. The van der Waals surface area contributed by atoms with Gasteiger partial charge in [-0.25, -0.2) is 0 Å². The van der Waals surface area contributed by atoms with E-state index < -0.39 is 0 Å². The van der Waals surface area contributed by atoms with Crippen molar-refractivity contribution in [1.29, 1.82) is 0 Å². The maximum absolute atomic E-state index is 11.9. The average molecular weight is 268 g/mol. The summed E-state index contributed by atoms with van der Waals surface area (Å²) in [7, 11) is 0. The molecule has 1 N–H and O–H groups in total. The van der Waals surface area contributed by atoms with E-state index in [0.717, 1.165) is 22.9 Å². The number of carbonyl (C=O) groups excluding carboxylic acids is 1. The Hall–Kier alpha value is -0.830. The Morgan fingerprint density at radius 2 is 2.27 bits per heavy atom. The molecular weight excluding hydrogens is 254 g/mol. The van der Waals surface area contributed by atoms with Crippen LogP contribution in [0, 0.1) is 0 Å². The number of carbonyl (C=O) groups is 1. The number of nitrogens with one attached hydrogen (secondary N) is 1. The Labute approximate surface area is 98.2 Å². The Kier molecular flexibility index (Phi) is 2.83. The lowest BCUT2D eigenvalue weighted by Crippen LogP contribution is -2.34. The fourth-order valence-corrected chi connectivity index (χ4v) is 2.29. The molecule has 80 valence electrons. The molecule has 1 amide bonds. The van der Waals surface area contributed by atoms with Gasteiger partial charge in [0.1, 0.15) is 0 Å². The van der Waals surface area contributed by atoms with Crippen molar-refractivity contribution in [2.45, 2.75) is 25.2 Å². The van der Waals surface area contributed by atoms with Gasteiger partial charge in [-0.1, -0.05) is 28.1 Å². The molecule has 0 bridgehead atoms. The summed E-state index contributed by atoms with van der Waals surface area (Å²) in [5.41, 5.74) is 0.891. The van der Waals surface area contributed by atoms with Crippen molar-refractivity contribution in [1.82, 2.24) is 5.32 Å². The molecule has 2 nitrogen and oxygen atoms in total. The standard InChI is InChI=1S/C12H14BrNO/c1-2-14-11(15)12(6-7-12)9-4-3-5-10(13)8-9/h3-5,8H,2,6-7H2,1H3,(H,14,15). The SMILES string of the molecule is CCNC(=O)C1(c2cccc(Br)c2)CC1. The number of halogens is 1. The second kappa shape index (κ2) is 3.97. The van der Waals surface area contributed by atoms with E-state index in [0.29, 0.717) is 6.54 Å². The lowest BCUT2D eigenvalue weighted by atomic mass is 9.95. The molecule has 0 radical (unpaired) electrons. The highest BCUT2D eigenvalue weighted by molar-refractivity contribution is 9.10. The van der Waals surface area contributed by atoms with Gasteiger partial charge in [0.2, 0.25) is 5.91 Å². The Morgan fingerprint density at radius 3 is 2.80 bits per heavy atom. The minimum Gasteiger partial charge on any atom is -0.356 e. The van der Waals surface area contributed by atoms with E-state index in [1.54, 1.807) is 0 Å². The molecule has 0 spiro atoms. The molecule has 1 aromatic rings. The van der Waals surface area contributed by atoms with Crippen molar-refractivity contribution in [3.8, 4) is 0 Å². The van der Waals surface area contributed by atoms with Gasteiger partial charge >= 0.3 is 0 Å². The first kappa shape index (κ1) is 10.7. The molecule has 0 unspecified atom stereocenters. The van der Waals surface area contributed by atoms with Gasteiger partial charge in [-0.15, -0.1) is 0 Å². The van der Waals surface area contributed by atoms with Crippen LogP contribution in [0.25, 0.3) is 0 Å². The van der Waals surface area contributed by atoms with Crippen LogP contribution in [0.1, 0.15) is 25.3 Å². The second-order valence-electron chi connectivity index (χ2n) is 3.95. The number of benzene rings is 1. The highest BCUT2D eigenvalue weighted by atomic mass is 79.9. The van der Waals surface area contributed by atoms with Gasteiger partial charge < -0.3 is 5.32 Å². The van der Waals surface area contributed by atoms with Gasteiger partial charge in [0.15, 0.2) is 0 Å². The van der Waals surface area contributed by atoms with Gasteiger partial charge in [-0.2, -0.15) is 0 Å². The van der Waals surface area contributed by atoms with Crippen LogP contribution in [-0.2, 0) is 10.2 Å². The van der Waals surface area contributed by atoms with Crippen LogP contribution in [0.3, 0.4) is 0 Å². The maximum Gasteiger partial charge on any atom is 0.230 e. The molecule has 0 aromatic heterocycles. The van der Waals surface area contributed by atoms with Gasteiger partial charge in [-0.3, -0.25) is 4.79 Å². The summed E-state index contributed by atoms with van der Waals surface area (Å²) in [6.45, 7) is 2.66. The summed E-state index contributed by atoms with van der Waals surface area (Å²) in [5, 5.41) is 2.91. The summed E-state index contributed by atoms with van der Waals surface area (Å²) in [4.78, 5) is 11.9. The Balaban J connectivity index is 2.26. The van der Waals surface area contributed by atoms with Crippen LogP contribution in [0.2, 0.25) is 0 Å². The van der Waals surface area contributed by atoms with E-state index in [4.69, 9.17) is 0 Å². The quantitative estimate of drug-likeness (QED) is 0.897. The molecule has 3 heteroatoms. The third-order valence-corrected chi connectivity index (χ3v) is 3.39. The first-order chi connectivity index (χ1) is 7.19. The number of amides is 1. The third kappa shape index (κ3) is 1.93. The Bertz CT molecular complexity index is 385. The molecule has 1 fully saturated rings. The summed E-state index contributed by atoms with van der Waals surface area (Å²) in [6, 6.07) is 8.05. The van der Waals surface area contributed by atoms with Gasteiger partial charge in [0.25, 0.3) is 0 Å². The molecule has 1 aliphatic rings. The van der Waals surface area contributed by atoms with Crippen molar-refractivity contribution < 1.29 is 4.79 Å². The number of hydrogen-bond acceptors (Lipinski definition) is 1. The van der Waals surface area contributed by atoms with Gasteiger partial charge in [0.05, 0.1) is 5.41 Å². The van der Waals surface area contributed by atoms with Crippen molar-refractivity contribution in [2.75, 3.05) is 6.54 Å². The molecule has 0 aliphatic heterocycles. The van der Waals surface area contributed by atoms with Crippen molar-refractivity contribution >= 4 is 21.8 Å². The van der Waals surface area contributed by atoms with Crippen molar-refractivity contribution in [3.05, 3.63) is 34.3 Å². The van der Waals surface area contributed by atoms with E-state index >= 15 is 0 Å². The minimum atomic E-state index is -0.236. The summed E-state index contributed by atoms with van der Waals surface area (Å²) in [5.74, 6) is 0.170. The van der Waals surface area contributed by atoms with E-state index in [2.05, 4.69) is 21.2 Å². The summed E-state index contributed by atoms with van der Waals surface area (Å²) < 4.78 is 1.04. The van der Waals surface area contributed by atoms with Crippen molar-refractivity contribution in [2.24, 2.45) is 0 Å². The first-order valence-electron chi connectivity index (χ1n) is 5.23. The zero-order valence-electron chi connectivity index (χ0n) is 8.72. The van der Waals surface area contributed by atoms with Gasteiger partial charge in [-0.05, 0) is 37.5 Å².